The summed E-state index contributed by atoms with van der Waals surface area (Å²) in [5.41, 5.74) is 0.952. The number of hydrogen-bond donors (Lipinski definition) is 1. The van der Waals surface area contributed by atoms with Crippen molar-refractivity contribution >= 4 is 23.5 Å². The van der Waals surface area contributed by atoms with Gasteiger partial charge in [0.15, 0.2) is 0 Å². The molecule has 0 fully saturated rings. The minimum Gasteiger partial charge on any atom is -0.384 e. The van der Waals surface area contributed by atoms with Crippen molar-refractivity contribution in [1.29, 1.82) is 0 Å². The molecule has 0 amide bonds. The van der Waals surface area contributed by atoms with Crippen molar-refractivity contribution in [1.82, 2.24) is 0 Å². The highest BCUT2D eigenvalue weighted by molar-refractivity contribution is 8.22. The molecule has 0 heterocycles. The van der Waals surface area contributed by atoms with E-state index in [4.69, 9.17) is 0 Å². The molecule has 0 saturated carbocycles. The highest BCUT2D eigenvalue weighted by Crippen LogP contribution is 2.30. The monoisotopic (exact) mass is 254 g/mol. The van der Waals surface area contributed by atoms with Crippen LogP contribution in [0.15, 0.2) is 40.6 Å². The maximum absolute atomic E-state index is 10.0. The second-order valence-corrected chi connectivity index (χ2v) is 6.08. The molecule has 1 atom stereocenters. The van der Waals surface area contributed by atoms with Gasteiger partial charge in [0, 0.05) is 4.24 Å². The topological polar surface area (TPSA) is 20.2 Å². The first-order valence-corrected chi connectivity index (χ1v) is 7.45. The van der Waals surface area contributed by atoms with E-state index in [0.717, 1.165) is 17.1 Å². The Hall–Kier alpha value is -0.380. The molecule has 1 unspecified atom stereocenters. The molecule has 0 aliphatic carbocycles. The van der Waals surface area contributed by atoms with E-state index in [1.807, 2.05) is 36.4 Å². The molecule has 1 aromatic carbocycles. The Morgan fingerprint density at radius 1 is 1.19 bits per heavy atom. The van der Waals surface area contributed by atoms with Crippen LogP contribution in [0.3, 0.4) is 0 Å². The van der Waals surface area contributed by atoms with Gasteiger partial charge in [-0.3, -0.25) is 0 Å². The highest BCUT2D eigenvalue weighted by atomic mass is 32.2. The van der Waals surface area contributed by atoms with Crippen LogP contribution < -0.4 is 0 Å². The van der Waals surface area contributed by atoms with E-state index in [1.165, 1.54) is 4.24 Å². The Bertz CT molecular complexity index is 314. The smallest absolute Gasteiger partial charge is 0.0990 e. The molecule has 88 valence electrons. The molecule has 1 nitrogen and oxygen atoms in total. The van der Waals surface area contributed by atoms with Gasteiger partial charge in [0.25, 0.3) is 0 Å². The van der Waals surface area contributed by atoms with Gasteiger partial charge in [0.05, 0.1) is 6.10 Å². The van der Waals surface area contributed by atoms with E-state index in [1.54, 1.807) is 23.5 Å². The van der Waals surface area contributed by atoms with Crippen molar-refractivity contribution in [2.75, 3.05) is 11.5 Å². The maximum Gasteiger partial charge on any atom is 0.0990 e. The zero-order chi connectivity index (χ0) is 11.8. The summed E-state index contributed by atoms with van der Waals surface area (Å²) < 4.78 is 1.21. The number of aliphatic hydroxyl groups is 1. The van der Waals surface area contributed by atoms with E-state index in [2.05, 4.69) is 13.8 Å². The van der Waals surface area contributed by atoms with Gasteiger partial charge in [-0.05, 0) is 23.1 Å². The van der Waals surface area contributed by atoms with Crippen LogP contribution in [0.4, 0.5) is 0 Å². The van der Waals surface area contributed by atoms with Crippen LogP contribution in [0.25, 0.3) is 0 Å². The Morgan fingerprint density at radius 2 is 1.75 bits per heavy atom. The molecule has 3 heteroatoms. The molecule has 0 aliphatic rings. The molecule has 1 aromatic rings. The minimum atomic E-state index is -0.491. The lowest BCUT2D eigenvalue weighted by Crippen LogP contribution is -1.93. The molecular weight excluding hydrogens is 236 g/mol. The second kappa shape index (κ2) is 7.82. The lowest BCUT2D eigenvalue weighted by molar-refractivity contribution is 0.228. The Balaban J connectivity index is 2.72. The molecule has 0 spiro atoms. The van der Waals surface area contributed by atoms with Gasteiger partial charge in [-0.1, -0.05) is 44.2 Å². The van der Waals surface area contributed by atoms with Gasteiger partial charge in [-0.15, -0.1) is 23.5 Å². The molecule has 0 aliphatic heterocycles. The van der Waals surface area contributed by atoms with Gasteiger partial charge in [-0.25, -0.2) is 0 Å². The summed E-state index contributed by atoms with van der Waals surface area (Å²) in [6.45, 7) is 4.26. The molecular formula is C13H18OS2. The summed E-state index contributed by atoms with van der Waals surface area (Å²) in [6, 6.07) is 9.76. The van der Waals surface area contributed by atoms with Crippen molar-refractivity contribution in [2.45, 2.75) is 20.0 Å². The van der Waals surface area contributed by atoms with Crippen LogP contribution in [0.2, 0.25) is 0 Å². The first-order chi connectivity index (χ1) is 7.77. The summed E-state index contributed by atoms with van der Waals surface area (Å²) in [5.74, 6) is 2.08. The molecule has 16 heavy (non-hydrogen) atoms. The van der Waals surface area contributed by atoms with Crippen molar-refractivity contribution in [3.8, 4) is 0 Å². The predicted molar refractivity (Wildman–Crippen MR) is 75.7 cm³/mol. The number of hydrogen-bond acceptors (Lipinski definition) is 3. The van der Waals surface area contributed by atoms with Gasteiger partial charge >= 0.3 is 0 Å². The highest BCUT2D eigenvalue weighted by Gasteiger charge is 2.05. The molecule has 1 rings (SSSR count). The Morgan fingerprint density at radius 3 is 2.25 bits per heavy atom. The SMILES string of the molecule is CCSC(=CC(O)c1ccccc1)SCC. The fraction of sp³-hybridized carbons (Fsp3) is 0.385. The zero-order valence-corrected chi connectivity index (χ0v) is 11.4. The van der Waals surface area contributed by atoms with Gasteiger partial charge in [0.1, 0.15) is 0 Å². The molecule has 0 bridgehead atoms. The second-order valence-electron chi connectivity index (χ2n) is 3.21. The van der Waals surface area contributed by atoms with E-state index >= 15 is 0 Å². The maximum atomic E-state index is 10.0. The quantitative estimate of drug-likeness (QED) is 0.826. The summed E-state index contributed by atoms with van der Waals surface area (Å²) in [7, 11) is 0. The van der Waals surface area contributed by atoms with E-state index < -0.39 is 6.10 Å². The van der Waals surface area contributed by atoms with Crippen molar-refractivity contribution in [3.05, 3.63) is 46.2 Å². The Kier molecular flexibility index (Phi) is 6.69. The van der Waals surface area contributed by atoms with Crippen molar-refractivity contribution in [3.63, 3.8) is 0 Å². The Labute approximate surface area is 106 Å². The van der Waals surface area contributed by atoms with E-state index in [9.17, 15) is 5.11 Å². The number of benzene rings is 1. The standard InChI is InChI=1S/C13H18OS2/c1-3-15-13(16-4-2)10-12(14)11-8-6-5-7-9-11/h5-10,12,14H,3-4H2,1-2H3. The number of rotatable bonds is 6. The van der Waals surface area contributed by atoms with E-state index in [-0.39, 0.29) is 0 Å². The van der Waals surface area contributed by atoms with Crippen LogP contribution >= 0.6 is 23.5 Å². The van der Waals surface area contributed by atoms with Gasteiger partial charge < -0.3 is 5.11 Å². The van der Waals surface area contributed by atoms with E-state index in [0.29, 0.717) is 0 Å². The predicted octanol–water partition coefficient (Wildman–Crippen LogP) is 4.07. The average molecular weight is 254 g/mol. The van der Waals surface area contributed by atoms with Crippen molar-refractivity contribution in [2.24, 2.45) is 0 Å². The average Bonchev–Trinajstić information content (AvgIpc) is 2.31. The summed E-state index contributed by atoms with van der Waals surface area (Å²) >= 11 is 3.58. The first kappa shape index (κ1) is 13.7. The van der Waals surface area contributed by atoms with Crippen LogP contribution in [0.5, 0.6) is 0 Å². The van der Waals surface area contributed by atoms with Crippen LogP contribution in [-0.2, 0) is 0 Å². The normalized spacial score (nSPS) is 12.2. The number of aliphatic hydroxyl groups excluding tert-OH is 1. The molecule has 0 aromatic heterocycles. The van der Waals surface area contributed by atoms with Crippen LogP contribution in [0, 0.1) is 0 Å². The van der Waals surface area contributed by atoms with Gasteiger partial charge in [0.2, 0.25) is 0 Å². The summed E-state index contributed by atoms with van der Waals surface area (Å²) in [6.07, 6.45) is 1.45. The van der Waals surface area contributed by atoms with Crippen LogP contribution in [-0.4, -0.2) is 16.6 Å². The molecule has 1 N–H and O–H groups in total. The third-order valence-electron chi connectivity index (χ3n) is 2.01. The lowest BCUT2D eigenvalue weighted by Gasteiger charge is -2.09. The largest absolute Gasteiger partial charge is 0.384 e. The van der Waals surface area contributed by atoms with Gasteiger partial charge in [-0.2, -0.15) is 0 Å². The van der Waals surface area contributed by atoms with Crippen molar-refractivity contribution < 1.29 is 5.11 Å². The first-order valence-electron chi connectivity index (χ1n) is 5.48. The molecule has 0 saturated heterocycles. The third kappa shape index (κ3) is 4.64. The fourth-order valence-electron chi connectivity index (χ4n) is 1.30. The minimum absolute atomic E-state index is 0.491. The third-order valence-corrected chi connectivity index (χ3v) is 4.13. The lowest BCUT2D eigenvalue weighted by atomic mass is 10.1. The molecule has 0 radical (unpaired) electrons. The zero-order valence-electron chi connectivity index (χ0n) is 9.72. The summed E-state index contributed by atoms with van der Waals surface area (Å²) in [4.78, 5) is 0. The summed E-state index contributed by atoms with van der Waals surface area (Å²) in [5, 5.41) is 10.0. The number of thioether (sulfide) groups is 2. The van der Waals surface area contributed by atoms with Crippen LogP contribution in [0.1, 0.15) is 25.5 Å². The fourth-order valence-corrected chi connectivity index (χ4v) is 3.36.